The summed E-state index contributed by atoms with van der Waals surface area (Å²) in [6.07, 6.45) is -0.186. The minimum absolute atomic E-state index is 0.0621. The summed E-state index contributed by atoms with van der Waals surface area (Å²) in [6.45, 7) is 4.75. The molecule has 25 heavy (non-hydrogen) atoms. The minimum Gasteiger partial charge on any atom is -0.391 e. The topological polar surface area (TPSA) is 82.7 Å². The molecule has 7 nitrogen and oxygen atoms in total. The van der Waals surface area contributed by atoms with Crippen molar-refractivity contribution in [2.24, 2.45) is 0 Å². The largest absolute Gasteiger partial charge is 0.391 e. The normalized spacial score (nSPS) is 21.7. The fourth-order valence-electron chi connectivity index (χ4n) is 3.30. The molecule has 1 amide bonds. The first-order chi connectivity index (χ1) is 12.0. The summed E-state index contributed by atoms with van der Waals surface area (Å²) in [5.74, 6) is 0.843. The average Bonchev–Trinajstić information content (AvgIpc) is 3.21. The van der Waals surface area contributed by atoms with E-state index in [0.717, 1.165) is 12.1 Å². The third kappa shape index (κ3) is 3.57. The Labute approximate surface area is 147 Å². The molecule has 1 N–H and O–H groups in total. The van der Waals surface area contributed by atoms with E-state index in [1.807, 2.05) is 49.2 Å². The predicted octanol–water partition coefficient (Wildman–Crippen LogP) is 1.71. The standard InChI is InChI=1S/C18H24N4O3/c1-4-21(3)16(13-8-6-5-7-9-13)18(24)22-11-14(23)10-15(22)17-19-12(2)20-25-17/h5-9,14-16,23H,4,10-11H2,1-3H3/t14-,15-,16-/m1/s1. The van der Waals surface area contributed by atoms with E-state index in [-0.39, 0.29) is 18.5 Å². The molecule has 1 aromatic carbocycles. The van der Waals surface area contributed by atoms with E-state index < -0.39 is 12.1 Å². The van der Waals surface area contributed by atoms with Gasteiger partial charge in [0.05, 0.1) is 6.10 Å². The Kier molecular flexibility index (Phi) is 5.15. The molecule has 1 saturated heterocycles. The number of aliphatic hydroxyl groups is 1. The van der Waals surface area contributed by atoms with Crippen LogP contribution in [0.4, 0.5) is 0 Å². The van der Waals surface area contributed by atoms with Crippen molar-refractivity contribution in [3.05, 3.63) is 47.6 Å². The van der Waals surface area contributed by atoms with Gasteiger partial charge in [0.15, 0.2) is 5.82 Å². The van der Waals surface area contributed by atoms with E-state index in [4.69, 9.17) is 4.52 Å². The Balaban J connectivity index is 1.92. The highest BCUT2D eigenvalue weighted by atomic mass is 16.5. The van der Waals surface area contributed by atoms with Gasteiger partial charge in [-0.3, -0.25) is 9.69 Å². The SMILES string of the molecule is CCN(C)[C@@H](C(=O)N1C[C@H](O)C[C@@H]1c1nc(C)no1)c1ccccc1. The summed E-state index contributed by atoms with van der Waals surface area (Å²) in [5.41, 5.74) is 0.929. The monoisotopic (exact) mass is 344 g/mol. The van der Waals surface area contributed by atoms with Crippen molar-refractivity contribution in [2.75, 3.05) is 20.1 Å². The molecular formula is C18H24N4O3. The van der Waals surface area contributed by atoms with E-state index >= 15 is 0 Å². The molecule has 134 valence electrons. The molecule has 1 aromatic heterocycles. The fourth-order valence-corrected chi connectivity index (χ4v) is 3.30. The number of aryl methyl sites for hydroxylation is 1. The molecule has 2 heterocycles. The number of hydrogen-bond donors (Lipinski definition) is 1. The van der Waals surface area contributed by atoms with Gasteiger partial charge in [0.1, 0.15) is 12.1 Å². The van der Waals surface area contributed by atoms with Crippen molar-refractivity contribution in [1.29, 1.82) is 0 Å². The van der Waals surface area contributed by atoms with E-state index in [9.17, 15) is 9.90 Å². The molecule has 1 fully saturated rings. The molecule has 7 heteroatoms. The Bertz CT molecular complexity index is 718. The number of amides is 1. The van der Waals surface area contributed by atoms with Gasteiger partial charge in [0.2, 0.25) is 11.8 Å². The number of benzene rings is 1. The maximum absolute atomic E-state index is 13.4. The van der Waals surface area contributed by atoms with Crippen LogP contribution in [0.25, 0.3) is 0 Å². The highest BCUT2D eigenvalue weighted by Gasteiger charge is 2.42. The van der Waals surface area contributed by atoms with Crippen LogP contribution in [-0.4, -0.2) is 57.2 Å². The molecule has 0 aliphatic carbocycles. The Morgan fingerprint density at radius 2 is 2.16 bits per heavy atom. The molecule has 2 aromatic rings. The Morgan fingerprint density at radius 3 is 2.76 bits per heavy atom. The lowest BCUT2D eigenvalue weighted by Crippen LogP contribution is -2.42. The van der Waals surface area contributed by atoms with Gasteiger partial charge in [-0.05, 0) is 26.1 Å². The molecule has 0 spiro atoms. The van der Waals surface area contributed by atoms with Gasteiger partial charge in [-0.1, -0.05) is 42.4 Å². The first kappa shape index (κ1) is 17.6. The second-order valence-corrected chi connectivity index (χ2v) is 6.46. The number of hydrogen-bond acceptors (Lipinski definition) is 6. The zero-order valence-corrected chi connectivity index (χ0v) is 14.8. The summed E-state index contributed by atoms with van der Waals surface area (Å²) in [5, 5.41) is 14.0. The van der Waals surface area contributed by atoms with Crippen LogP contribution in [0.3, 0.4) is 0 Å². The number of carbonyl (C=O) groups excluding carboxylic acids is 1. The molecule has 1 aliphatic rings. The van der Waals surface area contributed by atoms with E-state index in [2.05, 4.69) is 10.1 Å². The van der Waals surface area contributed by atoms with Crippen molar-refractivity contribution in [3.63, 3.8) is 0 Å². The third-order valence-electron chi connectivity index (χ3n) is 4.68. The van der Waals surface area contributed by atoms with Crippen LogP contribution in [0, 0.1) is 6.92 Å². The van der Waals surface area contributed by atoms with Gasteiger partial charge >= 0.3 is 0 Å². The summed E-state index contributed by atoms with van der Waals surface area (Å²) in [4.78, 5) is 21.3. The number of aliphatic hydroxyl groups excluding tert-OH is 1. The van der Waals surface area contributed by atoms with Crippen LogP contribution in [0.2, 0.25) is 0 Å². The number of likely N-dealkylation sites (N-methyl/N-ethyl adjacent to an activating group) is 1. The zero-order chi connectivity index (χ0) is 18.0. The van der Waals surface area contributed by atoms with Crippen molar-refractivity contribution in [1.82, 2.24) is 19.9 Å². The predicted molar refractivity (Wildman–Crippen MR) is 91.6 cm³/mol. The smallest absolute Gasteiger partial charge is 0.249 e. The lowest BCUT2D eigenvalue weighted by atomic mass is 10.0. The van der Waals surface area contributed by atoms with Crippen LogP contribution in [0.5, 0.6) is 0 Å². The Hall–Kier alpha value is -2.25. The first-order valence-corrected chi connectivity index (χ1v) is 8.55. The van der Waals surface area contributed by atoms with Crippen molar-refractivity contribution in [3.8, 4) is 0 Å². The van der Waals surface area contributed by atoms with Gasteiger partial charge in [-0.2, -0.15) is 4.98 Å². The molecule has 0 unspecified atom stereocenters. The van der Waals surface area contributed by atoms with Crippen LogP contribution in [-0.2, 0) is 4.79 Å². The summed E-state index contributed by atoms with van der Waals surface area (Å²) in [6, 6.07) is 8.89. The number of carbonyl (C=O) groups is 1. The summed E-state index contributed by atoms with van der Waals surface area (Å²) < 4.78 is 5.27. The quantitative estimate of drug-likeness (QED) is 0.889. The number of likely N-dealkylation sites (tertiary alicyclic amines) is 1. The van der Waals surface area contributed by atoms with Gasteiger partial charge in [0, 0.05) is 13.0 Å². The maximum atomic E-state index is 13.4. The number of β-amino-alcohol motifs (C(OH)–C–C–N with tert-alkyl or cyclic N) is 1. The maximum Gasteiger partial charge on any atom is 0.249 e. The summed E-state index contributed by atoms with van der Waals surface area (Å²) >= 11 is 0. The van der Waals surface area contributed by atoms with Crippen LogP contribution >= 0.6 is 0 Å². The van der Waals surface area contributed by atoms with E-state index in [0.29, 0.717) is 18.1 Å². The van der Waals surface area contributed by atoms with Gasteiger partial charge in [-0.15, -0.1) is 0 Å². The van der Waals surface area contributed by atoms with Gasteiger partial charge in [0.25, 0.3) is 0 Å². The molecule has 1 aliphatic heterocycles. The van der Waals surface area contributed by atoms with Crippen molar-refractivity contribution >= 4 is 5.91 Å². The fraction of sp³-hybridized carbons (Fsp3) is 0.500. The molecule has 0 radical (unpaired) electrons. The molecule has 3 rings (SSSR count). The molecule has 0 saturated carbocycles. The number of aromatic nitrogens is 2. The van der Waals surface area contributed by atoms with E-state index in [1.165, 1.54) is 0 Å². The highest BCUT2D eigenvalue weighted by molar-refractivity contribution is 5.84. The van der Waals surface area contributed by atoms with Crippen LogP contribution in [0.1, 0.15) is 42.7 Å². The van der Waals surface area contributed by atoms with E-state index in [1.54, 1.807) is 11.8 Å². The lowest BCUT2D eigenvalue weighted by Gasteiger charge is -2.32. The summed E-state index contributed by atoms with van der Waals surface area (Å²) in [7, 11) is 1.92. The van der Waals surface area contributed by atoms with Crippen LogP contribution < -0.4 is 0 Å². The number of nitrogens with zero attached hydrogens (tertiary/aromatic N) is 4. The first-order valence-electron chi connectivity index (χ1n) is 8.55. The molecule has 0 bridgehead atoms. The van der Waals surface area contributed by atoms with Gasteiger partial charge < -0.3 is 14.5 Å². The molecular weight excluding hydrogens is 320 g/mol. The second-order valence-electron chi connectivity index (χ2n) is 6.46. The van der Waals surface area contributed by atoms with Crippen molar-refractivity contribution < 1.29 is 14.4 Å². The molecule has 3 atom stereocenters. The second kappa shape index (κ2) is 7.33. The average molecular weight is 344 g/mol. The Morgan fingerprint density at radius 1 is 1.44 bits per heavy atom. The van der Waals surface area contributed by atoms with Crippen LogP contribution in [0.15, 0.2) is 34.9 Å². The lowest BCUT2D eigenvalue weighted by molar-refractivity contribution is -0.138. The van der Waals surface area contributed by atoms with Crippen molar-refractivity contribution in [2.45, 2.75) is 38.5 Å². The van der Waals surface area contributed by atoms with Gasteiger partial charge in [-0.25, -0.2) is 0 Å². The zero-order valence-electron chi connectivity index (χ0n) is 14.8. The number of rotatable bonds is 5. The highest BCUT2D eigenvalue weighted by Crippen LogP contribution is 2.34. The third-order valence-corrected chi connectivity index (χ3v) is 4.68. The minimum atomic E-state index is -0.593.